The zero-order chi connectivity index (χ0) is 18.0. The minimum atomic E-state index is -3.33. The third-order valence-electron chi connectivity index (χ3n) is 5.07. The van der Waals surface area contributed by atoms with Gasteiger partial charge in [0.1, 0.15) is 5.75 Å². The molecular weight excluding hydrogens is 328 g/mol. The first-order chi connectivity index (χ1) is 11.1. The van der Waals surface area contributed by atoms with Crippen LogP contribution in [0.3, 0.4) is 0 Å². The Morgan fingerprint density at radius 3 is 2.62 bits per heavy atom. The molecule has 2 atom stereocenters. The van der Waals surface area contributed by atoms with Crippen LogP contribution in [0.5, 0.6) is 0 Å². The third-order valence-corrected chi connectivity index (χ3v) is 5.84. The molecule has 2 aliphatic heterocycles. The molecule has 0 aromatic rings. The summed E-state index contributed by atoms with van der Waals surface area (Å²) in [5.74, 6) is -0.786. The molecule has 0 aliphatic carbocycles. The lowest BCUT2D eigenvalue weighted by molar-refractivity contribution is -0.138. The van der Waals surface area contributed by atoms with Gasteiger partial charge in [-0.15, -0.1) is 0 Å². The molecule has 0 unspecified atom stereocenters. The van der Waals surface area contributed by atoms with Gasteiger partial charge in [0.15, 0.2) is 9.84 Å². The topological polar surface area (TPSA) is 77.9 Å². The fourth-order valence-corrected chi connectivity index (χ4v) is 4.43. The summed E-state index contributed by atoms with van der Waals surface area (Å²) < 4.78 is 22.8. The number of piperidine rings is 2. The molecule has 2 rings (SSSR count). The number of nitrogens with zero attached hydrogens (tertiary/aromatic N) is 2. The van der Waals surface area contributed by atoms with Crippen LogP contribution in [-0.2, 0) is 14.6 Å². The predicted octanol–water partition coefficient (Wildman–Crippen LogP) is 0.673. The van der Waals surface area contributed by atoms with Gasteiger partial charge in [0.05, 0.1) is 6.10 Å². The van der Waals surface area contributed by atoms with Crippen molar-refractivity contribution in [3.05, 3.63) is 11.6 Å². The second-order valence-corrected chi connectivity index (χ2v) is 9.81. The number of likely N-dealkylation sites (tertiary alicyclic amines) is 2. The van der Waals surface area contributed by atoms with E-state index < -0.39 is 21.7 Å². The van der Waals surface area contributed by atoms with Crippen LogP contribution in [-0.4, -0.2) is 80.1 Å². The first-order valence-electron chi connectivity index (χ1n) is 8.61. The van der Waals surface area contributed by atoms with Crippen LogP contribution in [0.25, 0.3) is 0 Å². The zero-order valence-electron chi connectivity index (χ0n) is 15.0. The molecule has 2 aliphatic rings. The van der Waals surface area contributed by atoms with Crippen LogP contribution in [0.1, 0.15) is 33.1 Å². The molecule has 2 heterocycles. The molecule has 24 heavy (non-hydrogen) atoms. The molecule has 0 aromatic carbocycles. The molecule has 6 nitrogen and oxygen atoms in total. The van der Waals surface area contributed by atoms with E-state index in [4.69, 9.17) is 0 Å². The largest absolute Gasteiger partial charge is 0.392 e. The third kappa shape index (κ3) is 5.04. The number of sulfone groups is 1. The number of hydrogen-bond donors (Lipinski definition) is 1. The van der Waals surface area contributed by atoms with Crippen LogP contribution in [0.2, 0.25) is 0 Å². The Kier molecular flexibility index (Phi) is 6.09. The van der Waals surface area contributed by atoms with Gasteiger partial charge in [-0.2, -0.15) is 0 Å². The standard InChI is InChI=1S/C17H30N2O4S/c1-14(2)5-9-18-10-6-15(20)17(12-18)7-4-8-19(13-17)16(21)11-24(3,22)23/h5,15,20H,4,6-13H2,1-3H3/t15-,17-/m1/s1. The van der Waals surface area contributed by atoms with E-state index in [1.54, 1.807) is 4.90 Å². The quantitative estimate of drug-likeness (QED) is 0.748. The highest BCUT2D eigenvalue weighted by atomic mass is 32.2. The van der Waals surface area contributed by atoms with Gasteiger partial charge in [0.2, 0.25) is 5.91 Å². The number of carbonyl (C=O) groups excluding carboxylic acids is 1. The molecular formula is C17H30N2O4S. The average Bonchev–Trinajstić information content (AvgIpc) is 2.47. The number of allylic oxidation sites excluding steroid dienone is 1. The second kappa shape index (κ2) is 7.54. The summed E-state index contributed by atoms with van der Waals surface area (Å²) in [5, 5.41) is 10.6. The molecule has 138 valence electrons. The van der Waals surface area contributed by atoms with Gasteiger partial charge < -0.3 is 10.0 Å². The summed E-state index contributed by atoms with van der Waals surface area (Å²) in [6.45, 7) is 7.63. The van der Waals surface area contributed by atoms with E-state index in [-0.39, 0.29) is 11.3 Å². The zero-order valence-corrected chi connectivity index (χ0v) is 15.8. The minimum absolute atomic E-state index is 0.334. The average molecular weight is 359 g/mol. The highest BCUT2D eigenvalue weighted by Gasteiger charge is 2.46. The van der Waals surface area contributed by atoms with E-state index in [2.05, 4.69) is 24.8 Å². The number of hydrogen-bond acceptors (Lipinski definition) is 5. The van der Waals surface area contributed by atoms with Gasteiger partial charge >= 0.3 is 0 Å². The van der Waals surface area contributed by atoms with Crippen LogP contribution < -0.4 is 0 Å². The number of aliphatic hydroxyl groups excluding tert-OH is 1. The number of carbonyl (C=O) groups is 1. The van der Waals surface area contributed by atoms with Crippen molar-refractivity contribution < 1.29 is 18.3 Å². The molecule has 7 heteroatoms. The van der Waals surface area contributed by atoms with Crippen molar-refractivity contribution in [1.29, 1.82) is 0 Å². The van der Waals surface area contributed by atoms with Crippen molar-refractivity contribution in [1.82, 2.24) is 9.80 Å². The highest BCUT2D eigenvalue weighted by molar-refractivity contribution is 7.91. The van der Waals surface area contributed by atoms with Crippen LogP contribution in [0.4, 0.5) is 0 Å². The second-order valence-electron chi connectivity index (χ2n) is 7.67. The molecule has 0 saturated carbocycles. The van der Waals surface area contributed by atoms with E-state index >= 15 is 0 Å². The maximum atomic E-state index is 12.3. The highest BCUT2D eigenvalue weighted by Crippen LogP contribution is 2.38. The van der Waals surface area contributed by atoms with Gasteiger partial charge in [-0.3, -0.25) is 9.69 Å². The molecule has 0 aromatic heterocycles. The molecule has 0 radical (unpaired) electrons. The van der Waals surface area contributed by atoms with Crippen molar-refractivity contribution in [2.75, 3.05) is 44.7 Å². The summed E-state index contributed by atoms with van der Waals surface area (Å²) in [4.78, 5) is 16.2. The SMILES string of the molecule is CC(C)=CCN1CC[C@@H](O)[C@]2(CCCN(C(=O)CS(C)(=O)=O)C2)C1. The van der Waals surface area contributed by atoms with Crippen LogP contribution in [0, 0.1) is 5.41 Å². The van der Waals surface area contributed by atoms with E-state index in [9.17, 15) is 18.3 Å². The molecule has 1 N–H and O–H groups in total. The summed E-state index contributed by atoms with van der Waals surface area (Å²) in [6, 6.07) is 0. The van der Waals surface area contributed by atoms with E-state index in [0.717, 1.165) is 38.7 Å². The predicted molar refractivity (Wildman–Crippen MR) is 94.5 cm³/mol. The van der Waals surface area contributed by atoms with E-state index in [0.29, 0.717) is 19.5 Å². The number of amides is 1. The summed E-state index contributed by atoms with van der Waals surface area (Å²) in [5.41, 5.74) is 0.933. The van der Waals surface area contributed by atoms with Crippen LogP contribution in [0.15, 0.2) is 11.6 Å². The lowest BCUT2D eigenvalue weighted by atomic mass is 9.71. The van der Waals surface area contributed by atoms with Gasteiger partial charge in [0, 0.05) is 44.4 Å². The Hall–Kier alpha value is -0.920. The van der Waals surface area contributed by atoms with Crippen molar-refractivity contribution >= 4 is 15.7 Å². The van der Waals surface area contributed by atoms with E-state index in [1.807, 2.05) is 0 Å². The van der Waals surface area contributed by atoms with Gasteiger partial charge in [-0.1, -0.05) is 11.6 Å². The van der Waals surface area contributed by atoms with E-state index in [1.165, 1.54) is 5.57 Å². The fraction of sp³-hybridized carbons (Fsp3) is 0.824. The summed E-state index contributed by atoms with van der Waals surface area (Å²) >= 11 is 0. The number of aliphatic hydroxyl groups is 1. The lowest BCUT2D eigenvalue weighted by Crippen LogP contribution is -2.60. The van der Waals surface area contributed by atoms with Crippen molar-refractivity contribution in [3.8, 4) is 0 Å². The van der Waals surface area contributed by atoms with Crippen molar-refractivity contribution in [2.45, 2.75) is 39.2 Å². The van der Waals surface area contributed by atoms with Crippen molar-refractivity contribution in [3.63, 3.8) is 0 Å². The van der Waals surface area contributed by atoms with Gasteiger partial charge in [-0.05, 0) is 33.1 Å². The first-order valence-corrected chi connectivity index (χ1v) is 10.7. The number of rotatable bonds is 4. The monoisotopic (exact) mass is 358 g/mol. The maximum absolute atomic E-state index is 12.3. The normalized spacial score (nSPS) is 28.8. The fourth-order valence-electron chi connectivity index (χ4n) is 3.80. The summed E-state index contributed by atoms with van der Waals surface area (Å²) in [7, 11) is -3.33. The minimum Gasteiger partial charge on any atom is -0.392 e. The van der Waals surface area contributed by atoms with Gasteiger partial charge in [-0.25, -0.2) is 8.42 Å². The smallest absolute Gasteiger partial charge is 0.237 e. The van der Waals surface area contributed by atoms with Gasteiger partial charge in [0.25, 0.3) is 0 Å². The molecule has 0 bridgehead atoms. The first kappa shape index (κ1) is 19.4. The Labute approximate surface area is 145 Å². The lowest BCUT2D eigenvalue weighted by Gasteiger charge is -2.51. The van der Waals surface area contributed by atoms with Crippen LogP contribution >= 0.6 is 0 Å². The Balaban J connectivity index is 2.08. The molecule has 1 amide bonds. The molecule has 2 fully saturated rings. The Morgan fingerprint density at radius 2 is 2.00 bits per heavy atom. The summed E-state index contributed by atoms with van der Waals surface area (Å²) in [6.07, 6.45) is 5.21. The Bertz CT molecular complexity index is 598. The van der Waals surface area contributed by atoms with Crippen molar-refractivity contribution in [2.24, 2.45) is 5.41 Å². The maximum Gasteiger partial charge on any atom is 0.237 e. The molecule has 2 saturated heterocycles. The molecule has 1 spiro atoms. The Morgan fingerprint density at radius 1 is 1.29 bits per heavy atom.